The highest BCUT2D eigenvalue weighted by atomic mass is 35.5. The van der Waals surface area contributed by atoms with E-state index >= 15 is 0 Å². The first-order valence-corrected chi connectivity index (χ1v) is 5.12. The summed E-state index contributed by atoms with van der Waals surface area (Å²) in [6.45, 7) is 1.90. The molecule has 0 aliphatic heterocycles. The number of aromatic amines is 1. The van der Waals surface area contributed by atoms with E-state index in [0.29, 0.717) is 21.3 Å². The first kappa shape index (κ1) is 10.4. The van der Waals surface area contributed by atoms with Crippen LogP contribution < -0.4 is 0 Å². The lowest BCUT2D eigenvalue weighted by atomic mass is 10.3. The van der Waals surface area contributed by atoms with Crippen molar-refractivity contribution in [3.05, 3.63) is 15.5 Å². The third-order valence-electron chi connectivity index (χ3n) is 2.35. The number of hydrogen-bond donors (Lipinski definition) is 1. The van der Waals surface area contributed by atoms with Gasteiger partial charge in [0.2, 0.25) is 0 Å². The van der Waals surface area contributed by atoms with Crippen LogP contribution in [0.4, 0.5) is 0 Å². The molecule has 0 bridgehead atoms. The number of aryl methyl sites for hydroxylation is 1. The lowest BCUT2D eigenvalue weighted by Crippen LogP contribution is -1.95. The summed E-state index contributed by atoms with van der Waals surface area (Å²) < 4.78 is 4.00. The fraction of sp³-hybridized carbons (Fsp3) is 0.375. The highest BCUT2D eigenvalue weighted by Gasteiger charge is 2.16. The Morgan fingerprint density at radius 2 is 2.07 bits per heavy atom. The lowest BCUT2D eigenvalue weighted by Gasteiger charge is -1.95. The van der Waals surface area contributed by atoms with Gasteiger partial charge < -0.3 is 4.57 Å². The van der Waals surface area contributed by atoms with Crippen molar-refractivity contribution < 1.29 is 0 Å². The van der Waals surface area contributed by atoms with Crippen LogP contribution in [0.15, 0.2) is 0 Å². The molecule has 0 radical (unpaired) electrons. The molecule has 15 heavy (non-hydrogen) atoms. The summed E-state index contributed by atoms with van der Waals surface area (Å²) in [6, 6.07) is 0. The zero-order valence-electron chi connectivity index (χ0n) is 8.58. The maximum absolute atomic E-state index is 6.15. The van der Waals surface area contributed by atoms with E-state index in [-0.39, 0.29) is 0 Å². The van der Waals surface area contributed by atoms with Crippen molar-refractivity contribution in [3.8, 4) is 11.5 Å². The molecule has 0 spiro atoms. The molecule has 0 aromatic carbocycles. The fourth-order valence-corrected chi connectivity index (χ4v) is 1.66. The van der Waals surface area contributed by atoms with Gasteiger partial charge in [0.25, 0.3) is 0 Å². The zero-order valence-corrected chi connectivity index (χ0v) is 10.1. The van der Waals surface area contributed by atoms with Gasteiger partial charge in [-0.3, -0.25) is 9.78 Å². The van der Waals surface area contributed by atoms with E-state index in [0.717, 1.165) is 5.69 Å². The van der Waals surface area contributed by atoms with Crippen LogP contribution in [0, 0.1) is 11.7 Å². The number of hydrogen-bond acceptors (Lipinski definition) is 3. The van der Waals surface area contributed by atoms with Gasteiger partial charge in [0.15, 0.2) is 10.6 Å². The molecule has 7 heteroatoms. The second-order valence-corrected chi connectivity index (χ2v) is 4.05. The van der Waals surface area contributed by atoms with Crippen molar-refractivity contribution in [2.24, 2.45) is 14.1 Å². The van der Waals surface area contributed by atoms with Gasteiger partial charge in [0.05, 0.1) is 10.7 Å². The van der Waals surface area contributed by atoms with E-state index in [4.69, 9.17) is 23.8 Å². The number of H-pyrrole nitrogens is 1. The summed E-state index contributed by atoms with van der Waals surface area (Å²) in [4.78, 5) is 0. The Bertz CT molecular complexity index is 564. The van der Waals surface area contributed by atoms with Crippen LogP contribution in [0.25, 0.3) is 11.5 Å². The molecule has 2 aromatic heterocycles. The second-order valence-electron chi connectivity index (χ2n) is 3.28. The van der Waals surface area contributed by atoms with Crippen molar-refractivity contribution >= 4 is 23.8 Å². The summed E-state index contributed by atoms with van der Waals surface area (Å²) in [6.07, 6.45) is 0. The van der Waals surface area contributed by atoms with Gasteiger partial charge in [0, 0.05) is 14.1 Å². The van der Waals surface area contributed by atoms with Crippen molar-refractivity contribution in [2.75, 3.05) is 0 Å². The molecule has 1 N–H and O–H groups in total. The highest BCUT2D eigenvalue weighted by Crippen LogP contribution is 2.27. The van der Waals surface area contributed by atoms with E-state index in [2.05, 4.69) is 15.3 Å². The Morgan fingerprint density at radius 3 is 2.47 bits per heavy atom. The molecule has 0 saturated heterocycles. The molecule has 2 aromatic rings. The maximum Gasteiger partial charge on any atom is 0.195 e. The van der Waals surface area contributed by atoms with Gasteiger partial charge in [-0.05, 0) is 19.1 Å². The number of aromatic nitrogens is 5. The molecule has 80 valence electrons. The molecular formula is C8H10ClN5S. The molecule has 2 rings (SSSR count). The third-order valence-corrected chi connectivity index (χ3v) is 3.17. The van der Waals surface area contributed by atoms with Crippen LogP contribution in [0.2, 0.25) is 5.02 Å². The fourth-order valence-electron chi connectivity index (χ4n) is 1.28. The van der Waals surface area contributed by atoms with Gasteiger partial charge in [-0.25, -0.2) is 0 Å². The number of nitrogens with one attached hydrogen (secondary N) is 1. The molecule has 0 amide bonds. The molecule has 0 aliphatic carbocycles. The second kappa shape index (κ2) is 3.46. The number of nitrogens with zero attached hydrogens (tertiary/aromatic N) is 4. The first-order valence-electron chi connectivity index (χ1n) is 4.33. The molecule has 5 nitrogen and oxygen atoms in total. The van der Waals surface area contributed by atoms with Crippen LogP contribution in [0.5, 0.6) is 0 Å². The minimum atomic E-state index is 0.546. The standard InChI is InChI=1S/C8H10ClN5S/c1-4-5(9)6(12-14(4)3)7-10-11-8(15)13(7)2/h1-3H3,(H,11,15). The Hall–Kier alpha value is -1.14. The minimum Gasteiger partial charge on any atom is -0.302 e. The van der Waals surface area contributed by atoms with Gasteiger partial charge in [-0.15, -0.1) is 0 Å². The van der Waals surface area contributed by atoms with E-state index < -0.39 is 0 Å². The maximum atomic E-state index is 6.15. The largest absolute Gasteiger partial charge is 0.302 e. The van der Waals surface area contributed by atoms with Gasteiger partial charge in [-0.1, -0.05) is 11.6 Å². The Labute approximate surface area is 96.7 Å². The summed E-state index contributed by atoms with van der Waals surface area (Å²) in [7, 11) is 3.66. The van der Waals surface area contributed by atoms with Crippen molar-refractivity contribution in [2.45, 2.75) is 6.92 Å². The van der Waals surface area contributed by atoms with Crippen molar-refractivity contribution in [3.63, 3.8) is 0 Å². The van der Waals surface area contributed by atoms with Crippen LogP contribution in [-0.2, 0) is 14.1 Å². The Balaban J connectivity index is 2.69. The van der Waals surface area contributed by atoms with E-state index in [9.17, 15) is 0 Å². The van der Waals surface area contributed by atoms with Crippen molar-refractivity contribution in [1.82, 2.24) is 24.5 Å². The van der Waals surface area contributed by atoms with E-state index in [1.54, 1.807) is 9.25 Å². The van der Waals surface area contributed by atoms with E-state index in [1.165, 1.54) is 0 Å². The van der Waals surface area contributed by atoms with E-state index in [1.807, 2.05) is 21.0 Å². The summed E-state index contributed by atoms with van der Waals surface area (Å²) >= 11 is 11.2. The minimum absolute atomic E-state index is 0.546. The van der Waals surface area contributed by atoms with Gasteiger partial charge in [-0.2, -0.15) is 10.2 Å². The summed E-state index contributed by atoms with van der Waals surface area (Å²) in [5, 5.41) is 11.7. The summed E-state index contributed by atoms with van der Waals surface area (Å²) in [5.41, 5.74) is 1.55. The lowest BCUT2D eigenvalue weighted by molar-refractivity contribution is 0.739. The molecule has 0 atom stereocenters. The Kier molecular flexibility index (Phi) is 2.40. The van der Waals surface area contributed by atoms with Crippen LogP contribution >= 0.6 is 23.8 Å². The first-order chi connectivity index (χ1) is 7.02. The molecule has 0 unspecified atom stereocenters. The highest BCUT2D eigenvalue weighted by molar-refractivity contribution is 7.71. The molecular weight excluding hydrogens is 234 g/mol. The van der Waals surface area contributed by atoms with Gasteiger partial charge in [0.1, 0.15) is 5.69 Å². The number of rotatable bonds is 1. The smallest absolute Gasteiger partial charge is 0.195 e. The molecule has 2 heterocycles. The topological polar surface area (TPSA) is 51.4 Å². The quantitative estimate of drug-likeness (QED) is 0.778. The molecule has 0 saturated carbocycles. The monoisotopic (exact) mass is 243 g/mol. The molecule has 0 fully saturated rings. The predicted molar refractivity (Wildman–Crippen MR) is 60.3 cm³/mol. The SMILES string of the molecule is Cc1c(Cl)c(-c2n[nH]c(=S)n2C)nn1C. The van der Waals surface area contributed by atoms with Crippen LogP contribution in [0.3, 0.4) is 0 Å². The van der Waals surface area contributed by atoms with Gasteiger partial charge >= 0.3 is 0 Å². The molecule has 0 aliphatic rings. The Morgan fingerprint density at radius 1 is 1.40 bits per heavy atom. The summed E-state index contributed by atoms with van der Waals surface area (Å²) in [5.74, 6) is 0.647. The third kappa shape index (κ3) is 1.49. The number of halogens is 1. The van der Waals surface area contributed by atoms with Crippen LogP contribution in [0.1, 0.15) is 5.69 Å². The van der Waals surface area contributed by atoms with Crippen molar-refractivity contribution in [1.29, 1.82) is 0 Å². The predicted octanol–water partition coefficient (Wildman–Crippen LogP) is 1.84. The average Bonchev–Trinajstić information content (AvgIpc) is 2.64. The normalized spacial score (nSPS) is 10.9. The van der Waals surface area contributed by atoms with Crippen LogP contribution in [-0.4, -0.2) is 24.5 Å². The average molecular weight is 244 g/mol. The zero-order chi connectivity index (χ0) is 11.2.